The Morgan fingerprint density at radius 1 is 1.42 bits per heavy atom. The maximum atomic E-state index is 6.31. The standard InChI is InChI=1S/C14H17BrCl2O2/c1-2-18-14-8-12(16)10(7-13(14)17)11(15)6-9-4-3-5-19-9/h7-9,11H,2-6H2,1H3. The van der Waals surface area contributed by atoms with Crippen molar-refractivity contribution in [3.05, 3.63) is 27.7 Å². The highest BCUT2D eigenvalue weighted by Gasteiger charge is 2.22. The highest BCUT2D eigenvalue weighted by molar-refractivity contribution is 9.09. The second-order valence-electron chi connectivity index (χ2n) is 4.58. The van der Waals surface area contributed by atoms with Gasteiger partial charge in [-0.05, 0) is 37.8 Å². The van der Waals surface area contributed by atoms with E-state index in [0.717, 1.165) is 31.4 Å². The van der Waals surface area contributed by atoms with Gasteiger partial charge in [0.05, 0.1) is 17.7 Å². The molecule has 1 aliphatic rings. The molecule has 0 spiro atoms. The molecule has 0 aromatic heterocycles. The highest BCUT2D eigenvalue weighted by Crippen LogP contribution is 2.40. The smallest absolute Gasteiger partial charge is 0.139 e. The fourth-order valence-corrected chi connectivity index (χ4v) is 3.68. The Kier molecular flexibility index (Phi) is 5.82. The number of ether oxygens (including phenoxy) is 2. The molecular weight excluding hydrogens is 351 g/mol. The molecule has 0 amide bonds. The molecule has 0 radical (unpaired) electrons. The van der Waals surface area contributed by atoms with Gasteiger partial charge >= 0.3 is 0 Å². The maximum Gasteiger partial charge on any atom is 0.139 e. The van der Waals surface area contributed by atoms with E-state index in [2.05, 4.69) is 15.9 Å². The Hall–Kier alpha value is 0.0400. The molecule has 1 heterocycles. The van der Waals surface area contributed by atoms with Gasteiger partial charge in [0.1, 0.15) is 5.75 Å². The summed E-state index contributed by atoms with van der Waals surface area (Å²) in [5, 5.41) is 1.27. The van der Waals surface area contributed by atoms with Crippen molar-refractivity contribution in [2.75, 3.05) is 13.2 Å². The molecule has 1 aromatic carbocycles. The van der Waals surface area contributed by atoms with Crippen molar-refractivity contribution >= 4 is 39.1 Å². The van der Waals surface area contributed by atoms with Gasteiger partial charge in [-0.2, -0.15) is 0 Å². The molecule has 2 nitrogen and oxygen atoms in total. The normalized spacial score (nSPS) is 20.5. The van der Waals surface area contributed by atoms with Crippen molar-refractivity contribution in [3.8, 4) is 5.75 Å². The van der Waals surface area contributed by atoms with Gasteiger partial charge in [-0.15, -0.1) is 0 Å². The van der Waals surface area contributed by atoms with E-state index in [1.54, 1.807) is 6.07 Å². The predicted molar refractivity (Wildman–Crippen MR) is 82.9 cm³/mol. The SMILES string of the molecule is CCOc1cc(Cl)c(C(Br)CC2CCCO2)cc1Cl. The second-order valence-corrected chi connectivity index (χ2v) is 6.50. The number of rotatable bonds is 5. The first-order valence-corrected chi connectivity index (χ1v) is 8.16. The first-order valence-electron chi connectivity index (χ1n) is 6.49. The Morgan fingerprint density at radius 3 is 2.84 bits per heavy atom. The third-order valence-corrected chi connectivity index (χ3v) is 4.67. The molecule has 1 fully saturated rings. The number of hydrogen-bond donors (Lipinski definition) is 0. The van der Waals surface area contributed by atoms with E-state index in [-0.39, 0.29) is 4.83 Å². The lowest BCUT2D eigenvalue weighted by molar-refractivity contribution is 0.104. The molecule has 2 atom stereocenters. The first-order chi connectivity index (χ1) is 9.11. The van der Waals surface area contributed by atoms with Crippen LogP contribution in [-0.2, 0) is 4.74 Å². The zero-order valence-corrected chi connectivity index (χ0v) is 13.9. The number of hydrogen-bond acceptors (Lipinski definition) is 2. The summed E-state index contributed by atoms with van der Waals surface area (Å²) in [6.07, 6.45) is 3.47. The van der Waals surface area contributed by atoms with Crippen LogP contribution in [0.1, 0.15) is 36.6 Å². The van der Waals surface area contributed by atoms with Crippen molar-refractivity contribution < 1.29 is 9.47 Å². The van der Waals surface area contributed by atoms with E-state index < -0.39 is 0 Å². The highest BCUT2D eigenvalue weighted by atomic mass is 79.9. The molecule has 0 bridgehead atoms. The molecular formula is C14H17BrCl2O2. The van der Waals surface area contributed by atoms with Gasteiger partial charge in [0.2, 0.25) is 0 Å². The van der Waals surface area contributed by atoms with Crippen LogP contribution >= 0.6 is 39.1 Å². The van der Waals surface area contributed by atoms with Gasteiger partial charge in [0, 0.05) is 22.5 Å². The fraction of sp³-hybridized carbons (Fsp3) is 0.571. The summed E-state index contributed by atoms with van der Waals surface area (Å²) < 4.78 is 11.1. The maximum absolute atomic E-state index is 6.31. The minimum atomic E-state index is 0.149. The number of alkyl halides is 1. The monoisotopic (exact) mass is 366 g/mol. The lowest BCUT2D eigenvalue weighted by atomic mass is 10.0. The molecule has 19 heavy (non-hydrogen) atoms. The van der Waals surface area contributed by atoms with E-state index in [0.29, 0.717) is 28.5 Å². The Bertz CT molecular complexity index is 434. The summed E-state index contributed by atoms with van der Waals surface area (Å²) in [6, 6.07) is 3.66. The fourth-order valence-electron chi connectivity index (χ4n) is 2.24. The van der Waals surface area contributed by atoms with Crippen molar-refractivity contribution in [2.24, 2.45) is 0 Å². The molecule has 1 aromatic rings. The van der Waals surface area contributed by atoms with Gasteiger partial charge in [-0.3, -0.25) is 0 Å². The molecule has 2 rings (SSSR count). The minimum absolute atomic E-state index is 0.149. The van der Waals surface area contributed by atoms with Crippen molar-refractivity contribution in [2.45, 2.75) is 37.1 Å². The van der Waals surface area contributed by atoms with Crippen LogP contribution in [0.25, 0.3) is 0 Å². The summed E-state index contributed by atoms with van der Waals surface area (Å²) in [7, 11) is 0. The van der Waals surface area contributed by atoms with Crippen LogP contribution in [0.4, 0.5) is 0 Å². The molecule has 106 valence electrons. The third-order valence-electron chi connectivity index (χ3n) is 3.18. The van der Waals surface area contributed by atoms with E-state index in [4.69, 9.17) is 32.7 Å². The molecule has 0 N–H and O–H groups in total. The van der Waals surface area contributed by atoms with Gasteiger partial charge in [0.25, 0.3) is 0 Å². The molecule has 2 unspecified atom stereocenters. The van der Waals surface area contributed by atoms with E-state index >= 15 is 0 Å². The van der Waals surface area contributed by atoms with Crippen LogP contribution in [0, 0.1) is 0 Å². The summed E-state index contributed by atoms with van der Waals surface area (Å²) >= 11 is 16.2. The van der Waals surface area contributed by atoms with Crippen LogP contribution in [0.5, 0.6) is 5.75 Å². The summed E-state index contributed by atoms with van der Waals surface area (Å²) in [5.74, 6) is 0.634. The quantitative estimate of drug-likeness (QED) is 0.649. The Balaban J connectivity index is 2.12. The molecule has 5 heteroatoms. The summed E-state index contributed by atoms with van der Waals surface area (Å²) in [6.45, 7) is 3.36. The number of halogens is 3. The van der Waals surface area contributed by atoms with E-state index in [1.165, 1.54) is 0 Å². The molecule has 0 aliphatic carbocycles. The van der Waals surface area contributed by atoms with Crippen LogP contribution in [0.2, 0.25) is 10.0 Å². The predicted octanol–water partition coefficient (Wildman–Crippen LogP) is 5.40. The van der Waals surface area contributed by atoms with Gasteiger partial charge in [0.15, 0.2) is 0 Å². The average molecular weight is 368 g/mol. The average Bonchev–Trinajstić information content (AvgIpc) is 2.86. The lowest BCUT2D eigenvalue weighted by Crippen LogP contribution is -2.08. The minimum Gasteiger partial charge on any atom is -0.492 e. The van der Waals surface area contributed by atoms with E-state index in [1.807, 2.05) is 13.0 Å². The Morgan fingerprint density at radius 2 is 2.21 bits per heavy atom. The van der Waals surface area contributed by atoms with Crippen LogP contribution in [-0.4, -0.2) is 19.3 Å². The molecule has 1 aliphatic heterocycles. The Labute approximate surface area is 132 Å². The van der Waals surface area contributed by atoms with Crippen LogP contribution in [0.3, 0.4) is 0 Å². The largest absolute Gasteiger partial charge is 0.492 e. The van der Waals surface area contributed by atoms with Crippen molar-refractivity contribution in [1.29, 1.82) is 0 Å². The second kappa shape index (κ2) is 7.16. The third kappa shape index (κ3) is 4.01. The summed E-state index contributed by atoms with van der Waals surface area (Å²) in [5.41, 5.74) is 0.991. The molecule has 0 saturated carbocycles. The lowest BCUT2D eigenvalue weighted by Gasteiger charge is -2.17. The van der Waals surface area contributed by atoms with Gasteiger partial charge < -0.3 is 9.47 Å². The zero-order valence-electron chi connectivity index (χ0n) is 10.8. The van der Waals surface area contributed by atoms with Gasteiger partial charge in [-0.25, -0.2) is 0 Å². The van der Waals surface area contributed by atoms with Crippen molar-refractivity contribution in [3.63, 3.8) is 0 Å². The first kappa shape index (κ1) is 15.4. The van der Waals surface area contributed by atoms with Crippen LogP contribution in [0.15, 0.2) is 12.1 Å². The van der Waals surface area contributed by atoms with E-state index in [9.17, 15) is 0 Å². The zero-order chi connectivity index (χ0) is 13.8. The van der Waals surface area contributed by atoms with Gasteiger partial charge in [-0.1, -0.05) is 39.1 Å². The molecule has 1 saturated heterocycles. The number of benzene rings is 1. The summed E-state index contributed by atoms with van der Waals surface area (Å²) in [4.78, 5) is 0.149. The van der Waals surface area contributed by atoms with Crippen molar-refractivity contribution in [1.82, 2.24) is 0 Å². The van der Waals surface area contributed by atoms with Crippen LogP contribution < -0.4 is 4.74 Å². The topological polar surface area (TPSA) is 18.5 Å².